The van der Waals surface area contributed by atoms with Gasteiger partial charge in [0.05, 0.1) is 5.75 Å². The van der Waals surface area contributed by atoms with E-state index in [1.807, 2.05) is 0 Å². The van der Waals surface area contributed by atoms with Crippen LogP contribution in [0, 0.1) is 6.92 Å². The van der Waals surface area contributed by atoms with Crippen molar-refractivity contribution in [2.75, 3.05) is 17.0 Å². The maximum Gasteiger partial charge on any atom is 0.275 e. The average Bonchev–Trinajstić information content (AvgIpc) is 2.66. The summed E-state index contributed by atoms with van der Waals surface area (Å²) < 4.78 is 32.2. The quantitative estimate of drug-likeness (QED) is 0.167. The van der Waals surface area contributed by atoms with Gasteiger partial charge in [0.25, 0.3) is 5.56 Å². The summed E-state index contributed by atoms with van der Waals surface area (Å²) in [6, 6.07) is 9.35. The molecular formula is C18H23ClN6O4S2. The Morgan fingerprint density at radius 1 is 1.26 bits per heavy atom. The summed E-state index contributed by atoms with van der Waals surface area (Å²) in [4.78, 5) is 24.9. The number of sulfonamides is 1. The van der Waals surface area contributed by atoms with E-state index in [2.05, 4.69) is 14.4 Å². The Bertz CT molecular complexity index is 1130. The fraction of sp³-hybridized carbons (Fsp3) is 0.278. The molecule has 0 spiro atoms. The van der Waals surface area contributed by atoms with E-state index in [4.69, 9.17) is 23.1 Å². The number of carbonyl (C=O) groups is 1. The van der Waals surface area contributed by atoms with Gasteiger partial charge in [0.2, 0.25) is 15.9 Å². The Morgan fingerprint density at radius 2 is 2.00 bits per heavy atom. The van der Waals surface area contributed by atoms with E-state index in [0.717, 1.165) is 11.9 Å². The van der Waals surface area contributed by atoms with Gasteiger partial charge in [-0.3, -0.25) is 14.3 Å². The van der Waals surface area contributed by atoms with Crippen molar-refractivity contribution in [3.63, 3.8) is 0 Å². The van der Waals surface area contributed by atoms with Crippen molar-refractivity contribution in [1.29, 1.82) is 0 Å². The number of rotatable bonds is 10. The number of anilines is 1. The lowest BCUT2D eigenvalue weighted by Crippen LogP contribution is -2.35. The highest BCUT2D eigenvalue weighted by atomic mass is 35.5. The summed E-state index contributed by atoms with van der Waals surface area (Å²) in [5.74, 6) is -0.377. The van der Waals surface area contributed by atoms with E-state index in [1.54, 1.807) is 31.2 Å². The zero-order chi connectivity index (χ0) is 23.0. The molecule has 0 aliphatic heterocycles. The molecule has 2 rings (SSSR count). The van der Waals surface area contributed by atoms with Crippen molar-refractivity contribution in [3.05, 3.63) is 63.0 Å². The van der Waals surface area contributed by atoms with Crippen LogP contribution >= 0.6 is 23.5 Å². The number of aryl methyl sites for hydroxylation is 1. The lowest BCUT2D eigenvalue weighted by Gasteiger charge is -2.13. The van der Waals surface area contributed by atoms with Gasteiger partial charge in [-0.25, -0.2) is 8.42 Å². The van der Waals surface area contributed by atoms with Gasteiger partial charge in [0.1, 0.15) is 12.2 Å². The minimum atomic E-state index is -3.87. The van der Waals surface area contributed by atoms with E-state index in [9.17, 15) is 18.0 Å². The first-order valence-electron chi connectivity index (χ1n) is 9.00. The van der Waals surface area contributed by atoms with E-state index in [0.29, 0.717) is 28.6 Å². The first-order valence-corrected chi connectivity index (χ1v) is 12.0. The summed E-state index contributed by atoms with van der Waals surface area (Å²) in [6.07, 6.45) is 0. The number of guanidine groups is 1. The second kappa shape index (κ2) is 11.1. The van der Waals surface area contributed by atoms with Crippen LogP contribution in [0.5, 0.6) is 0 Å². The van der Waals surface area contributed by atoms with E-state index in [1.165, 1.54) is 16.7 Å². The standard InChI is InChI=1S/C18H23ClN6O4S2/c1-12-5-6-15(24-31(28,29)11-13-3-2-4-14(19)9-13)17(27)25(12)10-16(26)22-7-8-30-23-18(20)21/h2-6,9,24H,7-8,10-11H2,1H3,(H,22,26)(H4,20,21,23). The molecule has 0 aliphatic carbocycles. The first-order chi connectivity index (χ1) is 14.6. The van der Waals surface area contributed by atoms with Crippen LogP contribution in [0.15, 0.2) is 45.6 Å². The van der Waals surface area contributed by atoms with Gasteiger partial charge in [0.15, 0.2) is 5.96 Å². The molecule has 0 radical (unpaired) electrons. The van der Waals surface area contributed by atoms with Gasteiger partial charge in [-0.05, 0) is 48.7 Å². The molecule has 6 N–H and O–H groups in total. The molecule has 2 aromatic rings. The Balaban J connectivity index is 2.07. The minimum Gasteiger partial charge on any atom is -0.369 e. The van der Waals surface area contributed by atoms with Crippen molar-refractivity contribution >= 4 is 51.1 Å². The molecule has 1 aromatic heterocycles. The third kappa shape index (κ3) is 8.15. The number of hydrogen-bond donors (Lipinski definition) is 4. The van der Waals surface area contributed by atoms with Crippen LogP contribution in [0.4, 0.5) is 5.69 Å². The molecule has 10 nitrogen and oxygen atoms in total. The molecule has 13 heteroatoms. The predicted octanol–water partition coefficient (Wildman–Crippen LogP) is 0.790. The van der Waals surface area contributed by atoms with E-state index < -0.39 is 21.5 Å². The molecule has 31 heavy (non-hydrogen) atoms. The maximum absolute atomic E-state index is 12.7. The van der Waals surface area contributed by atoms with Crippen molar-refractivity contribution in [2.24, 2.45) is 15.9 Å². The minimum absolute atomic E-state index is 0.0619. The van der Waals surface area contributed by atoms with Crippen LogP contribution in [0.3, 0.4) is 0 Å². The van der Waals surface area contributed by atoms with Crippen LogP contribution in [0.25, 0.3) is 0 Å². The van der Waals surface area contributed by atoms with Crippen LogP contribution in [-0.2, 0) is 27.1 Å². The molecule has 1 heterocycles. The number of nitrogens with two attached hydrogens (primary N) is 2. The van der Waals surface area contributed by atoms with Gasteiger partial charge in [-0.15, -0.1) is 0 Å². The molecule has 0 aliphatic rings. The SMILES string of the molecule is Cc1ccc(NS(=O)(=O)Cc2cccc(Cl)c2)c(=O)n1CC(=O)NCCSN=C(N)N. The normalized spacial score (nSPS) is 11.0. The lowest BCUT2D eigenvalue weighted by molar-refractivity contribution is -0.121. The molecule has 0 saturated heterocycles. The Hall–Kier alpha value is -2.70. The van der Waals surface area contributed by atoms with Crippen LogP contribution < -0.4 is 27.1 Å². The number of benzene rings is 1. The number of carbonyl (C=O) groups excluding carboxylic acids is 1. The molecule has 1 amide bonds. The van der Waals surface area contributed by atoms with Crippen molar-refractivity contribution in [2.45, 2.75) is 19.2 Å². The predicted molar refractivity (Wildman–Crippen MR) is 124 cm³/mol. The maximum atomic E-state index is 12.7. The van der Waals surface area contributed by atoms with Gasteiger partial charge in [-0.2, -0.15) is 4.40 Å². The Labute approximate surface area is 189 Å². The van der Waals surface area contributed by atoms with Crippen molar-refractivity contribution in [1.82, 2.24) is 9.88 Å². The zero-order valence-electron chi connectivity index (χ0n) is 16.7. The van der Waals surface area contributed by atoms with Gasteiger partial charge < -0.3 is 21.4 Å². The van der Waals surface area contributed by atoms with E-state index >= 15 is 0 Å². The first kappa shape index (κ1) is 24.6. The molecule has 0 saturated carbocycles. The summed E-state index contributed by atoms with van der Waals surface area (Å²) >= 11 is 6.98. The van der Waals surface area contributed by atoms with Crippen molar-refractivity contribution in [3.8, 4) is 0 Å². The third-order valence-corrected chi connectivity index (χ3v) is 6.10. The molecule has 0 fully saturated rings. The summed E-state index contributed by atoms with van der Waals surface area (Å²) in [5, 5.41) is 3.05. The van der Waals surface area contributed by atoms with Crippen molar-refractivity contribution < 1.29 is 13.2 Å². The van der Waals surface area contributed by atoms with Gasteiger partial charge in [0, 0.05) is 23.0 Å². The molecule has 0 unspecified atom stereocenters. The largest absolute Gasteiger partial charge is 0.369 e. The molecule has 0 atom stereocenters. The molecule has 168 valence electrons. The van der Waals surface area contributed by atoms with Crippen LogP contribution in [0.1, 0.15) is 11.3 Å². The number of pyridine rings is 1. The smallest absolute Gasteiger partial charge is 0.275 e. The highest BCUT2D eigenvalue weighted by Gasteiger charge is 2.17. The summed E-state index contributed by atoms with van der Waals surface area (Å²) in [5.41, 5.74) is 10.6. The average molecular weight is 487 g/mol. The Morgan fingerprint density at radius 3 is 2.68 bits per heavy atom. The third-order valence-electron chi connectivity index (χ3n) is 3.89. The summed E-state index contributed by atoms with van der Waals surface area (Å²) in [6.45, 7) is 1.68. The highest BCUT2D eigenvalue weighted by molar-refractivity contribution is 7.98. The summed E-state index contributed by atoms with van der Waals surface area (Å²) in [7, 11) is -3.87. The van der Waals surface area contributed by atoms with Crippen LogP contribution in [-0.4, -0.2) is 37.1 Å². The van der Waals surface area contributed by atoms with E-state index in [-0.39, 0.29) is 23.9 Å². The second-order valence-corrected chi connectivity index (χ2v) is 9.48. The number of hydrogen-bond acceptors (Lipinski definition) is 6. The fourth-order valence-electron chi connectivity index (χ4n) is 2.55. The zero-order valence-corrected chi connectivity index (χ0v) is 19.1. The number of halogens is 1. The Kier molecular flexibility index (Phi) is 8.77. The fourth-order valence-corrected chi connectivity index (χ4v) is 4.38. The second-order valence-electron chi connectivity index (χ2n) is 6.47. The topological polar surface area (TPSA) is 162 Å². The molecule has 1 aromatic carbocycles. The molecule has 0 bridgehead atoms. The number of nitrogens with zero attached hydrogens (tertiary/aromatic N) is 2. The molecular weight excluding hydrogens is 464 g/mol. The number of amides is 1. The lowest BCUT2D eigenvalue weighted by atomic mass is 10.2. The monoisotopic (exact) mass is 486 g/mol. The highest BCUT2D eigenvalue weighted by Crippen LogP contribution is 2.15. The van der Waals surface area contributed by atoms with Crippen LogP contribution in [0.2, 0.25) is 5.02 Å². The number of aromatic nitrogens is 1. The number of nitrogens with one attached hydrogen (secondary N) is 2. The van der Waals surface area contributed by atoms with Gasteiger partial charge >= 0.3 is 0 Å². The van der Waals surface area contributed by atoms with Gasteiger partial charge in [-0.1, -0.05) is 23.7 Å².